The Morgan fingerprint density at radius 2 is 1.82 bits per heavy atom. The summed E-state index contributed by atoms with van der Waals surface area (Å²) in [4.78, 5) is 31.0. The van der Waals surface area contributed by atoms with E-state index in [2.05, 4.69) is 63.8 Å². The Morgan fingerprint density at radius 3 is 2.56 bits per heavy atom. The van der Waals surface area contributed by atoms with Gasteiger partial charge in [0, 0.05) is 61.3 Å². The topological polar surface area (TPSA) is 103 Å². The highest BCUT2D eigenvalue weighted by atomic mass is 16.1. The molecule has 9 nitrogen and oxygen atoms in total. The average Bonchev–Trinajstić information content (AvgIpc) is 3.38. The molecule has 12 heteroatoms. The summed E-state index contributed by atoms with van der Waals surface area (Å²) in [6.45, 7) is 3.69. The number of aromatic nitrogens is 5. The van der Waals surface area contributed by atoms with Crippen LogP contribution < -0.4 is 10.2 Å². The van der Waals surface area contributed by atoms with Gasteiger partial charge in [-0.05, 0) is 23.8 Å². The van der Waals surface area contributed by atoms with Crippen LogP contribution in [0.4, 0.5) is 11.8 Å². The van der Waals surface area contributed by atoms with Gasteiger partial charge in [-0.15, -0.1) is 0 Å². The van der Waals surface area contributed by atoms with E-state index in [0.29, 0.717) is 5.56 Å². The second-order valence-electron chi connectivity index (χ2n) is 9.46. The number of fused-ring (bicyclic) bond motifs is 1. The van der Waals surface area contributed by atoms with Gasteiger partial charge in [0.1, 0.15) is 29.4 Å². The van der Waals surface area contributed by atoms with Gasteiger partial charge in [-0.1, -0.05) is 17.4 Å². The van der Waals surface area contributed by atoms with Crippen molar-refractivity contribution in [1.82, 2.24) is 30.0 Å². The quantitative estimate of drug-likeness (QED) is 0.388. The molecule has 5 rings (SSSR count). The Bertz CT molecular complexity index is 1320. The van der Waals surface area contributed by atoms with Crippen molar-refractivity contribution in [3.63, 3.8) is 0 Å². The van der Waals surface area contributed by atoms with Crippen molar-refractivity contribution in [3.05, 3.63) is 60.7 Å². The van der Waals surface area contributed by atoms with Crippen molar-refractivity contribution in [3.8, 4) is 11.1 Å². The molecule has 2 N–H and O–H groups in total. The number of carbonyl (C=O) groups is 1. The first-order chi connectivity index (χ1) is 16.4. The van der Waals surface area contributed by atoms with Gasteiger partial charge in [0.15, 0.2) is 0 Å². The summed E-state index contributed by atoms with van der Waals surface area (Å²) in [5.41, 5.74) is 3.23. The van der Waals surface area contributed by atoms with E-state index in [4.69, 9.17) is 0 Å². The van der Waals surface area contributed by atoms with Crippen LogP contribution in [0.3, 0.4) is 0 Å². The fraction of sp³-hybridized carbons (Fsp3) is 0.227. The van der Waals surface area contributed by atoms with E-state index in [0.717, 1.165) is 54.0 Å². The molecule has 34 heavy (non-hydrogen) atoms. The number of anilines is 2. The summed E-state index contributed by atoms with van der Waals surface area (Å²) in [6.07, 6.45) is 6.98. The largest absolute Gasteiger partial charge is 0.354 e. The number of nitrogens with zero attached hydrogens (tertiary/aromatic N) is 6. The van der Waals surface area contributed by atoms with Gasteiger partial charge in [-0.2, -0.15) is 5.10 Å². The second-order valence-corrected chi connectivity index (χ2v) is 9.46. The molecule has 0 unspecified atom stereocenters. The number of carbonyl (C=O) groups excluding carboxylic acids is 1. The van der Waals surface area contributed by atoms with Gasteiger partial charge in [-0.3, -0.25) is 15.2 Å². The number of amides is 1. The first kappa shape index (κ1) is 22.2. The zero-order valence-corrected chi connectivity index (χ0v) is 19.6. The molecule has 3 aromatic heterocycles. The van der Waals surface area contributed by atoms with Gasteiger partial charge in [0.2, 0.25) is 5.95 Å². The van der Waals surface area contributed by atoms with Crippen LogP contribution >= 0.6 is 0 Å². The van der Waals surface area contributed by atoms with Crippen LogP contribution in [0.2, 0.25) is 0 Å². The fourth-order valence-electron chi connectivity index (χ4n) is 4.18. The molecule has 168 valence electrons. The predicted octanol–water partition coefficient (Wildman–Crippen LogP) is -0.700. The van der Waals surface area contributed by atoms with Gasteiger partial charge in [-0.25, -0.2) is 15.0 Å². The molecule has 0 aliphatic carbocycles. The molecule has 0 atom stereocenters. The number of piperazine rings is 1. The Kier molecular flexibility index (Phi) is 5.83. The Labute approximate surface area is 200 Å². The van der Waals surface area contributed by atoms with Crippen LogP contribution in [-0.4, -0.2) is 90.9 Å². The maximum Gasteiger partial charge on any atom is 0.258 e. The van der Waals surface area contributed by atoms with Crippen LogP contribution in [0.5, 0.6) is 0 Å². The van der Waals surface area contributed by atoms with Crippen molar-refractivity contribution >= 4 is 52.1 Å². The molecule has 0 bridgehead atoms. The molecular formula is C22H25B3N8O. The van der Waals surface area contributed by atoms with E-state index in [1.807, 2.05) is 30.5 Å². The number of H-pyrrole nitrogens is 1. The van der Waals surface area contributed by atoms with E-state index in [1.54, 1.807) is 24.7 Å². The Hall–Kier alpha value is -3.66. The molecular weight excluding hydrogens is 425 g/mol. The third-order valence-corrected chi connectivity index (χ3v) is 6.20. The second kappa shape index (κ2) is 8.94. The van der Waals surface area contributed by atoms with E-state index in [9.17, 15) is 4.79 Å². The molecule has 1 aromatic carbocycles. The smallest absolute Gasteiger partial charge is 0.258 e. The molecule has 1 aliphatic rings. The van der Waals surface area contributed by atoms with E-state index >= 15 is 0 Å². The van der Waals surface area contributed by atoms with Crippen molar-refractivity contribution in [2.45, 2.75) is 5.24 Å². The van der Waals surface area contributed by atoms with Crippen LogP contribution in [-0.2, 0) is 0 Å². The zero-order valence-electron chi connectivity index (χ0n) is 19.6. The summed E-state index contributed by atoms with van der Waals surface area (Å²) >= 11 is 0. The Morgan fingerprint density at radius 1 is 1.00 bits per heavy atom. The molecule has 1 saturated heterocycles. The molecule has 1 amide bonds. The van der Waals surface area contributed by atoms with E-state index in [1.165, 1.54) is 0 Å². The number of hydrogen-bond donors (Lipinski definition) is 2. The number of pyridine rings is 1. The lowest BCUT2D eigenvalue weighted by molar-refractivity contribution is 0.102. The number of benzene rings is 1. The van der Waals surface area contributed by atoms with Gasteiger partial charge in [0.05, 0.1) is 11.7 Å². The molecule has 1 fully saturated rings. The summed E-state index contributed by atoms with van der Waals surface area (Å²) in [6, 6.07) is 9.45. The lowest BCUT2D eigenvalue weighted by atomic mass is 9.48. The van der Waals surface area contributed by atoms with Gasteiger partial charge >= 0.3 is 0 Å². The maximum atomic E-state index is 13.0. The van der Waals surface area contributed by atoms with Crippen LogP contribution in [0.15, 0.2) is 55.1 Å². The summed E-state index contributed by atoms with van der Waals surface area (Å²) in [7, 11) is 6.71. The third-order valence-electron chi connectivity index (χ3n) is 6.20. The standard InChI is InChI=1S/C22H25B3N8O/c23-22(24,25)33-7-5-32(6-8-33)19-10-15(3-4-26-19)20(34)31-21-27-11-16-2-1-14(9-18(16)30-21)17-12-28-29-13-17/h1-4,9-13H,5-8,23-25H2,(H,28,29)(H,27,30,31,34). The first-order valence-corrected chi connectivity index (χ1v) is 11.4. The van der Waals surface area contributed by atoms with Gasteiger partial charge in [0.25, 0.3) is 5.91 Å². The molecule has 1 aliphatic heterocycles. The minimum Gasteiger partial charge on any atom is -0.354 e. The van der Waals surface area contributed by atoms with Crippen molar-refractivity contribution in [2.24, 2.45) is 0 Å². The van der Waals surface area contributed by atoms with Crippen molar-refractivity contribution in [1.29, 1.82) is 0 Å². The maximum absolute atomic E-state index is 13.0. The summed E-state index contributed by atoms with van der Waals surface area (Å²) < 4.78 is 0. The summed E-state index contributed by atoms with van der Waals surface area (Å²) in [5.74, 6) is 0.812. The monoisotopic (exact) mass is 450 g/mol. The first-order valence-electron chi connectivity index (χ1n) is 11.4. The average molecular weight is 450 g/mol. The molecule has 4 heterocycles. The number of hydrogen-bond acceptors (Lipinski definition) is 7. The van der Waals surface area contributed by atoms with Crippen molar-refractivity contribution in [2.75, 3.05) is 36.4 Å². The lowest BCUT2D eigenvalue weighted by Crippen LogP contribution is -2.58. The molecule has 4 aromatic rings. The highest BCUT2D eigenvalue weighted by molar-refractivity contribution is 6.59. The lowest BCUT2D eigenvalue weighted by Gasteiger charge is -2.43. The van der Waals surface area contributed by atoms with Crippen molar-refractivity contribution < 1.29 is 4.79 Å². The zero-order chi connectivity index (χ0) is 23.7. The SMILES string of the molecule is BC(B)(B)N1CCN(c2cc(C(=O)Nc3ncc4ccc(-c5cn[nH]c5)cc4n3)ccn2)CC1. The minimum atomic E-state index is -0.262. The van der Waals surface area contributed by atoms with Crippen LogP contribution in [0.25, 0.3) is 22.0 Å². The minimum absolute atomic E-state index is 0.153. The van der Waals surface area contributed by atoms with E-state index in [-0.39, 0.29) is 17.1 Å². The highest BCUT2D eigenvalue weighted by Crippen LogP contribution is 2.23. The number of aromatic amines is 1. The number of rotatable bonds is 5. The van der Waals surface area contributed by atoms with E-state index < -0.39 is 0 Å². The fourth-order valence-corrected chi connectivity index (χ4v) is 4.18. The summed E-state index contributed by atoms with van der Waals surface area (Å²) in [5, 5.41) is 10.7. The van der Waals surface area contributed by atoms with Gasteiger partial charge < -0.3 is 9.80 Å². The molecule has 0 spiro atoms. The Balaban J connectivity index is 1.31. The molecule has 0 radical (unpaired) electrons. The highest BCUT2D eigenvalue weighted by Gasteiger charge is 2.26. The van der Waals surface area contributed by atoms with Crippen LogP contribution in [0.1, 0.15) is 10.4 Å². The normalized spacial score (nSPS) is 14.9. The van der Waals surface area contributed by atoms with Crippen LogP contribution in [0, 0.1) is 0 Å². The third kappa shape index (κ3) is 4.67. The predicted molar refractivity (Wildman–Crippen MR) is 141 cm³/mol. The molecule has 0 saturated carbocycles. The number of nitrogens with one attached hydrogen (secondary N) is 2.